The molecular weight excluding hydrogens is 439 g/mol. The molecule has 1 amide bonds. The van der Waals surface area contributed by atoms with Crippen LogP contribution in [0.1, 0.15) is 20.2 Å². The summed E-state index contributed by atoms with van der Waals surface area (Å²) >= 11 is 1.65. The third kappa shape index (κ3) is 6.79. The molecule has 3 N–H and O–H groups in total. The fourth-order valence-electron chi connectivity index (χ4n) is 1.82. The van der Waals surface area contributed by atoms with E-state index in [9.17, 15) is 4.79 Å². The molecule has 0 spiro atoms. The van der Waals surface area contributed by atoms with E-state index in [0.29, 0.717) is 31.2 Å². The zero-order valence-electron chi connectivity index (χ0n) is 13.6. The Morgan fingerprint density at radius 3 is 2.67 bits per heavy atom. The molecule has 2 aromatic heterocycles. The number of pyridine rings is 1. The number of hydrogen-bond donors (Lipinski definition) is 3. The van der Waals surface area contributed by atoms with Crippen molar-refractivity contribution in [2.45, 2.75) is 13.5 Å². The van der Waals surface area contributed by atoms with Crippen molar-refractivity contribution in [2.75, 3.05) is 20.1 Å². The average Bonchev–Trinajstić information content (AvgIpc) is 3.00. The minimum atomic E-state index is -0.138. The number of rotatable bonds is 6. The third-order valence-corrected chi connectivity index (χ3v) is 3.84. The first-order chi connectivity index (χ1) is 11.2. The van der Waals surface area contributed by atoms with E-state index < -0.39 is 0 Å². The number of carbonyl (C=O) groups is 1. The Balaban J connectivity index is 0.00000288. The molecule has 2 aromatic rings. The number of nitrogens with zero attached hydrogens (tertiary/aromatic N) is 3. The summed E-state index contributed by atoms with van der Waals surface area (Å²) < 4.78 is 0. The van der Waals surface area contributed by atoms with E-state index in [4.69, 9.17) is 0 Å². The van der Waals surface area contributed by atoms with Gasteiger partial charge in [-0.05, 0) is 19.1 Å². The number of carbonyl (C=O) groups excluding carboxylic acids is 1. The number of hydrogen-bond acceptors (Lipinski definition) is 5. The van der Waals surface area contributed by atoms with E-state index in [1.54, 1.807) is 42.9 Å². The van der Waals surface area contributed by atoms with Gasteiger partial charge in [0.15, 0.2) is 5.96 Å². The van der Waals surface area contributed by atoms with Gasteiger partial charge in [0.05, 0.1) is 12.1 Å². The molecule has 7 nitrogen and oxygen atoms in total. The standard InChI is InChI=1S/C15H20N6OS.HI/c1-11-8-20-13(23-11)10-21-15(16-2)19-7-6-18-14(22)12-4-3-5-17-9-12;/h3-5,8-9H,6-7,10H2,1-2H3,(H,18,22)(H2,16,19,21);1H. The third-order valence-electron chi connectivity index (χ3n) is 2.93. The lowest BCUT2D eigenvalue weighted by molar-refractivity contribution is 0.0954. The lowest BCUT2D eigenvalue weighted by atomic mass is 10.3. The second kappa shape index (κ2) is 10.9. The predicted octanol–water partition coefficient (Wildman–Crippen LogP) is 1.56. The Kier molecular flexibility index (Phi) is 9.23. The summed E-state index contributed by atoms with van der Waals surface area (Å²) in [5.41, 5.74) is 0.550. The monoisotopic (exact) mass is 460 g/mol. The predicted molar refractivity (Wildman–Crippen MR) is 107 cm³/mol. The minimum absolute atomic E-state index is 0. The van der Waals surface area contributed by atoms with Gasteiger partial charge in [-0.1, -0.05) is 0 Å². The molecule has 0 atom stereocenters. The average molecular weight is 460 g/mol. The fourth-order valence-corrected chi connectivity index (χ4v) is 2.55. The number of thiazole rings is 1. The first kappa shape index (κ1) is 20.3. The van der Waals surface area contributed by atoms with Gasteiger partial charge in [0.1, 0.15) is 5.01 Å². The number of halogens is 1. The van der Waals surface area contributed by atoms with Gasteiger partial charge in [0, 0.05) is 43.6 Å². The van der Waals surface area contributed by atoms with Gasteiger partial charge in [0.25, 0.3) is 5.91 Å². The molecule has 0 fully saturated rings. The molecule has 0 saturated carbocycles. The first-order valence-corrected chi connectivity index (χ1v) is 8.04. The van der Waals surface area contributed by atoms with Crippen molar-refractivity contribution in [3.63, 3.8) is 0 Å². The smallest absolute Gasteiger partial charge is 0.252 e. The molecule has 0 aromatic carbocycles. The molecule has 0 unspecified atom stereocenters. The summed E-state index contributed by atoms with van der Waals surface area (Å²) in [5, 5.41) is 10.2. The number of amides is 1. The second-order valence-electron chi connectivity index (χ2n) is 4.71. The van der Waals surface area contributed by atoms with Crippen LogP contribution in [0.5, 0.6) is 0 Å². The van der Waals surface area contributed by atoms with Crippen molar-refractivity contribution in [1.29, 1.82) is 0 Å². The van der Waals surface area contributed by atoms with Crippen LogP contribution in [-0.2, 0) is 6.54 Å². The number of nitrogens with one attached hydrogen (secondary N) is 3. The van der Waals surface area contributed by atoms with E-state index in [-0.39, 0.29) is 29.9 Å². The molecule has 0 bridgehead atoms. The SMILES string of the molecule is CN=C(NCCNC(=O)c1cccnc1)NCc1ncc(C)s1.I. The van der Waals surface area contributed by atoms with Gasteiger partial charge < -0.3 is 16.0 Å². The topological polar surface area (TPSA) is 91.3 Å². The number of guanidine groups is 1. The molecule has 2 heterocycles. The lowest BCUT2D eigenvalue weighted by Gasteiger charge is -2.11. The summed E-state index contributed by atoms with van der Waals surface area (Å²) in [6.45, 7) is 3.72. The highest BCUT2D eigenvalue weighted by atomic mass is 127. The Morgan fingerprint density at radius 1 is 1.25 bits per heavy atom. The van der Waals surface area contributed by atoms with Crippen LogP contribution in [0.25, 0.3) is 0 Å². The van der Waals surface area contributed by atoms with E-state index in [2.05, 4.69) is 30.9 Å². The van der Waals surface area contributed by atoms with Crippen LogP contribution in [0, 0.1) is 6.92 Å². The molecular formula is C15H21IN6OS. The van der Waals surface area contributed by atoms with E-state index in [0.717, 1.165) is 5.01 Å². The number of aromatic nitrogens is 2. The van der Waals surface area contributed by atoms with Gasteiger partial charge in [0.2, 0.25) is 0 Å². The minimum Gasteiger partial charge on any atom is -0.355 e. The summed E-state index contributed by atoms with van der Waals surface area (Å²) in [4.78, 5) is 25.4. The van der Waals surface area contributed by atoms with Crippen molar-refractivity contribution in [3.05, 3.63) is 46.2 Å². The Bertz CT molecular complexity index is 661. The molecule has 0 saturated heterocycles. The Hall–Kier alpha value is -1.75. The zero-order valence-corrected chi connectivity index (χ0v) is 16.7. The quantitative estimate of drug-likeness (QED) is 0.264. The van der Waals surface area contributed by atoms with Gasteiger partial charge in [-0.15, -0.1) is 35.3 Å². The molecule has 0 aliphatic carbocycles. The van der Waals surface area contributed by atoms with Gasteiger partial charge in [-0.2, -0.15) is 0 Å². The van der Waals surface area contributed by atoms with Gasteiger partial charge in [-0.3, -0.25) is 14.8 Å². The number of aryl methyl sites for hydroxylation is 1. The summed E-state index contributed by atoms with van der Waals surface area (Å²) in [6, 6.07) is 3.46. The maximum absolute atomic E-state index is 11.8. The van der Waals surface area contributed by atoms with Crippen LogP contribution in [0.2, 0.25) is 0 Å². The molecule has 130 valence electrons. The lowest BCUT2D eigenvalue weighted by Crippen LogP contribution is -2.41. The first-order valence-electron chi connectivity index (χ1n) is 7.23. The number of aliphatic imine (C=N–C) groups is 1. The van der Waals surface area contributed by atoms with Crippen molar-refractivity contribution in [3.8, 4) is 0 Å². The van der Waals surface area contributed by atoms with Crippen LogP contribution < -0.4 is 16.0 Å². The van der Waals surface area contributed by atoms with E-state index in [1.807, 2.05) is 13.1 Å². The van der Waals surface area contributed by atoms with Crippen molar-refractivity contribution in [2.24, 2.45) is 4.99 Å². The van der Waals surface area contributed by atoms with E-state index in [1.165, 1.54) is 4.88 Å². The molecule has 0 aliphatic rings. The fraction of sp³-hybridized carbons (Fsp3) is 0.333. The van der Waals surface area contributed by atoms with Crippen LogP contribution in [-0.4, -0.2) is 42.0 Å². The van der Waals surface area contributed by atoms with Crippen LogP contribution >= 0.6 is 35.3 Å². The maximum atomic E-state index is 11.8. The summed E-state index contributed by atoms with van der Waals surface area (Å²) in [7, 11) is 1.71. The molecule has 24 heavy (non-hydrogen) atoms. The maximum Gasteiger partial charge on any atom is 0.252 e. The second-order valence-corrected chi connectivity index (χ2v) is 6.03. The van der Waals surface area contributed by atoms with Crippen LogP contribution in [0.4, 0.5) is 0 Å². The molecule has 0 radical (unpaired) electrons. The van der Waals surface area contributed by atoms with Gasteiger partial charge in [-0.25, -0.2) is 4.98 Å². The van der Waals surface area contributed by atoms with Crippen molar-refractivity contribution >= 4 is 47.2 Å². The molecule has 9 heteroatoms. The summed E-state index contributed by atoms with van der Waals surface area (Å²) in [6.07, 6.45) is 5.03. The summed E-state index contributed by atoms with van der Waals surface area (Å²) in [5.74, 6) is 0.537. The molecule has 2 rings (SSSR count). The van der Waals surface area contributed by atoms with Crippen molar-refractivity contribution in [1.82, 2.24) is 25.9 Å². The largest absolute Gasteiger partial charge is 0.355 e. The Morgan fingerprint density at radius 2 is 2.04 bits per heavy atom. The highest BCUT2D eigenvalue weighted by molar-refractivity contribution is 14.0. The Labute approximate surface area is 162 Å². The molecule has 0 aliphatic heterocycles. The normalized spacial score (nSPS) is 10.7. The highest BCUT2D eigenvalue weighted by Gasteiger charge is 2.04. The van der Waals surface area contributed by atoms with Gasteiger partial charge >= 0.3 is 0 Å². The zero-order chi connectivity index (χ0) is 16.5. The van der Waals surface area contributed by atoms with Crippen LogP contribution in [0.15, 0.2) is 35.7 Å². The highest BCUT2D eigenvalue weighted by Crippen LogP contribution is 2.10. The van der Waals surface area contributed by atoms with Crippen LogP contribution in [0.3, 0.4) is 0 Å². The van der Waals surface area contributed by atoms with Crippen molar-refractivity contribution < 1.29 is 4.79 Å². The van der Waals surface area contributed by atoms with E-state index >= 15 is 0 Å².